The predicted octanol–water partition coefficient (Wildman–Crippen LogP) is 3.49. The van der Waals surface area contributed by atoms with Gasteiger partial charge in [-0.15, -0.1) is 0 Å². The highest BCUT2D eigenvalue weighted by Gasteiger charge is 2.19. The molecule has 138 valence electrons. The lowest BCUT2D eigenvalue weighted by atomic mass is 10.0. The maximum atomic E-state index is 12.2. The largest absolute Gasteiger partial charge is 0.457 e. The number of nitrogens with one attached hydrogen (secondary N) is 2. The molecule has 2 atom stereocenters. The van der Waals surface area contributed by atoms with Gasteiger partial charge >= 0.3 is 6.03 Å². The fraction of sp³-hybridized carbons (Fsp3) is 0.300. The van der Waals surface area contributed by atoms with Gasteiger partial charge in [-0.05, 0) is 43.2 Å². The lowest BCUT2D eigenvalue weighted by Gasteiger charge is -2.20. The highest BCUT2D eigenvalue weighted by molar-refractivity contribution is 5.79. The summed E-state index contributed by atoms with van der Waals surface area (Å²) >= 11 is 0. The van der Waals surface area contributed by atoms with Crippen molar-refractivity contribution in [2.24, 2.45) is 5.73 Å². The number of rotatable bonds is 8. The Morgan fingerprint density at radius 3 is 2.38 bits per heavy atom. The molecular weight excluding hydrogens is 330 g/mol. The molecule has 0 saturated heterocycles. The van der Waals surface area contributed by atoms with E-state index in [4.69, 9.17) is 10.5 Å². The Bertz CT molecular complexity index is 734. The number of hydrogen-bond acceptors (Lipinski definition) is 3. The standard InChI is InChI=1S/C20H25N3O3/c1-3-14(2)22-19(24)13-18(23-20(21)25)15-8-7-11-17(12-15)26-16-9-5-4-6-10-16/h4-12,14,18H,3,13H2,1-2H3,(H,22,24)(H3,21,23,25). The summed E-state index contributed by atoms with van der Waals surface area (Å²) in [4.78, 5) is 23.6. The van der Waals surface area contributed by atoms with Crippen molar-refractivity contribution in [3.05, 3.63) is 60.2 Å². The zero-order valence-corrected chi connectivity index (χ0v) is 15.1. The van der Waals surface area contributed by atoms with Gasteiger partial charge in [0.2, 0.25) is 5.91 Å². The molecule has 0 radical (unpaired) electrons. The zero-order valence-electron chi connectivity index (χ0n) is 15.1. The molecule has 0 aliphatic rings. The number of para-hydroxylation sites is 1. The molecule has 0 aliphatic heterocycles. The third kappa shape index (κ3) is 6.12. The van der Waals surface area contributed by atoms with Crippen LogP contribution in [0.25, 0.3) is 0 Å². The molecule has 6 heteroatoms. The van der Waals surface area contributed by atoms with Crippen molar-refractivity contribution in [3.63, 3.8) is 0 Å². The number of amides is 3. The van der Waals surface area contributed by atoms with Gasteiger partial charge in [0.05, 0.1) is 12.5 Å². The van der Waals surface area contributed by atoms with E-state index in [2.05, 4.69) is 10.6 Å². The fourth-order valence-electron chi connectivity index (χ4n) is 2.46. The Morgan fingerprint density at radius 1 is 1.04 bits per heavy atom. The number of benzene rings is 2. The van der Waals surface area contributed by atoms with Gasteiger partial charge in [-0.3, -0.25) is 4.79 Å². The van der Waals surface area contributed by atoms with Gasteiger partial charge in [-0.1, -0.05) is 37.3 Å². The molecule has 2 aromatic rings. The van der Waals surface area contributed by atoms with Crippen molar-refractivity contribution in [3.8, 4) is 11.5 Å². The number of nitrogens with two attached hydrogens (primary N) is 1. The van der Waals surface area contributed by atoms with Crippen molar-refractivity contribution in [1.82, 2.24) is 10.6 Å². The lowest BCUT2D eigenvalue weighted by Crippen LogP contribution is -2.38. The molecule has 2 rings (SSSR count). The molecule has 0 aliphatic carbocycles. The van der Waals surface area contributed by atoms with Crippen LogP contribution < -0.4 is 21.1 Å². The summed E-state index contributed by atoms with van der Waals surface area (Å²) in [7, 11) is 0. The van der Waals surface area contributed by atoms with E-state index in [0.717, 1.165) is 12.0 Å². The lowest BCUT2D eigenvalue weighted by molar-refractivity contribution is -0.122. The molecule has 0 fully saturated rings. The maximum absolute atomic E-state index is 12.2. The summed E-state index contributed by atoms with van der Waals surface area (Å²) in [5.41, 5.74) is 6.03. The smallest absolute Gasteiger partial charge is 0.312 e. The van der Waals surface area contributed by atoms with Gasteiger partial charge in [0.15, 0.2) is 0 Å². The highest BCUT2D eigenvalue weighted by Crippen LogP contribution is 2.26. The van der Waals surface area contributed by atoms with E-state index in [-0.39, 0.29) is 18.4 Å². The summed E-state index contributed by atoms with van der Waals surface area (Å²) in [5.74, 6) is 1.18. The average Bonchev–Trinajstić information content (AvgIpc) is 2.61. The van der Waals surface area contributed by atoms with E-state index >= 15 is 0 Å². The van der Waals surface area contributed by atoms with Crippen molar-refractivity contribution >= 4 is 11.9 Å². The average molecular weight is 355 g/mol. The second kappa shape index (κ2) is 9.46. The van der Waals surface area contributed by atoms with Crippen LogP contribution in [0, 0.1) is 0 Å². The van der Waals surface area contributed by atoms with E-state index in [1.807, 2.05) is 62.4 Å². The molecule has 3 amide bonds. The second-order valence-corrected chi connectivity index (χ2v) is 6.13. The summed E-state index contributed by atoms with van der Waals surface area (Å²) in [6.45, 7) is 3.93. The monoisotopic (exact) mass is 355 g/mol. The maximum Gasteiger partial charge on any atom is 0.312 e. The topological polar surface area (TPSA) is 93.5 Å². The molecule has 4 N–H and O–H groups in total. The Kier molecular flexibility index (Phi) is 7.02. The number of ether oxygens (including phenoxy) is 1. The van der Waals surface area contributed by atoms with Gasteiger partial charge in [-0.25, -0.2) is 4.79 Å². The molecular formula is C20H25N3O3. The SMILES string of the molecule is CCC(C)NC(=O)CC(NC(N)=O)c1cccc(Oc2ccccc2)c1. The molecule has 0 aromatic heterocycles. The zero-order chi connectivity index (χ0) is 18.9. The van der Waals surface area contributed by atoms with Crippen LogP contribution >= 0.6 is 0 Å². The molecule has 0 saturated carbocycles. The first kappa shape index (κ1) is 19.3. The van der Waals surface area contributed by atoms with Gasteiger partial charge < -0.3 is 21.1 Å². The Morgan fingerprint density at radius 2 is 1.73 bits per heavy atom. The highest BCUT2D eigenvalue weighted by atomic mass is 16.5. The van der Waals surface area contributed by atoms with Crippen molar-refractivity contribution in [2.45, 2.75) is 38.8 Å². The predicted molar refractivity (Wildman–Crippen MR) is 101 cm³/mol. The van der Waals surface area contributed by atoms with Crippen molar-refractivity contribution in [2.75, 3.05) is 0 Å². The fourth-order valence-corrected chi connectivity index (χ4v) is 2.46. The van der Waals surface area contributed by atoms with Crippen LogP contribution in [-0.2, 0) is 4.79 Å². The van der Waals surface area contributed by atoms with Crippen molar-refractivity contribution < 1.29 is 14.3 Å². The van der Waals surface area contributed by atoms with Crippen LogP contribution in [0.4, 0.5) is 4.79 Å². The van der Waals surface area contributed by atoms with Crippen LogP contribution in [0.15, 0.2) is 54.6 Å². The number of carbonyl (C=O) groups is 2. The van der Waals surface area contributed by atoms with Crippen LogP contribution in [0.5, 0.6) is 11.5 Å². The Balaban J connectivity index is 2.15. The third-order valence-electron chi connectivity index (χ3n) is 3.97. The first-order valence-electron chi connectivity index (χ1n) is 8.66. The second-order valence-electron chi connectivity index (χ2n) is 6.13. The minimum absolute atomic E-state index is 0.0736. The molecule has 0 spiro atoms. The van der Waals surface area contributed by atoms with E-state index < -0.39 is 12.1 Å². The van der Waals surface area contributed by atoms with E-state index in [9.17, 15) is 9.59 Å². The molecule has 2 aromatic carbocycles. The summed E-state index contributed by atoms with van der Waals surface area (Å²) in [5, 5.41) is 5.53. The third-order valence-corrected chi connectivity index (χ3v) is 3.97. The molecule has 0 bridgehead atoms. The van der Waals surface area contributed by atoms with Crippen LogP contribution in [-0.4, -0.2) is 18.0 Å². The van der Waals surface area contributed by atoms with Crippen molar-refractivity contribution in [1.29, 1.82) is 0 Å². The number of hydrogen-bond donors (Lipinski definition) is 3. The number of primary amides is 1. The van der Waals surface area contributed by atoms with Gasteiger partial charge in [0.1, 0.15) is 11.5 Å². The van der Waals surface area contributed by atoms with Crippen LogP contribution in [0.3, 0.4) is 0 Å². The summed E-state index contributed by atoms with van der Waals surface area (Å²) < 4.78 is 5.82. The minimum Gasteiger partial charge on any atom is -0.457 e. The van der Waals surface area contributed by atoms with Gasteiger partial charge in [0, 0.05) is 6.04 Å². The molecule has 2 unspecified atom stereocenters. The number of urea groups is 1. The molecule has 6 nitrogen and oxygen atoms in total. The van der Waals surface area contributed by atoms with Crippen LogP contribution in [0.1, 0.15) is 38.3 Å². The minimum atomic E-state index is -0.680. The van der Waals surface area contributed by atoms with Gasteiger partial charge in [0.25, 0.3) is 0 Å². The Hall–Kier alpha value is -3.02. The van der Waals surface area contributed by atoms with E-state index in [0.29, 0.717) is 11.5 Å². The first-order chi connectivity index (χ1) is 12.5. The van der Waals surface area contributed by atoms with E-state index in [1.54, 1.807) is 6.07 Å². The summed E-state index contributed by atoms with van der Waals surface area (Å²) in [6, 6.07) is 15.5. The summed E-state index contributed by atoms with van der Waals surface area (Å²) in [6.07, 6.45) is 0.933. The van der Waals surface area contributed by atoms with Crippen LogP contribution in [0.2, 0.25) is 0 Å². The quantitative estimate of drug-likeness (QED) is 0.676. The first-order valence-corrected chi connectivity index (χ1v) is 8.66. The van der Waals surface area contributed by atoms with E-state index in [1.165, 1.54) is 0 Å². The number of carbonyl (C=O) groups excluding carboxylic acids is 2. The normalized spacial score (nSPS) is 12.7. The molecule has 0 heterocycles. The Labute approximate surface area is 153 Å². The molecule has 26 heavy (non-hydrogen) atoms. The van der Waals surface area contributed by atoms with Gasteiger partial charge in [-0.2, -0.15) is 0 Å².